The van der Waals surface area contributed by atoms with Crippen molar-refractivity contribution >= 4 is 5.97 Å². The Balaban J connectivity index is 1.38. The maximum Gasteiger partial charge on any atom is 0.306 e. The summed E-state index contributed by atoms with van der Waals surface area (Å²) in [6.07, 6.45) is 1.28. The molecular formula is C24H26FNO4. The Morgan fingerprint density at radius 2 is 1.97 bits per heavy atom. The quantitative estimate of drug-likeness (QED) is 0.834. The zero-order chi connectivity index (χ0) is 20.7. The van der Waals surface area contributed by atoms with Gasteiger partial charge in [0.05, 0.1) is 31.3 Å². The van der Waals surface area contributed by atoms with Crippen LogP contribution in [0.4, 0.5) is 4.39 Å². The highest BCUT2D eigenvalue weighted by molar-refractivity contribution is 5.67. The van der Waals surface area contributed by atoms with E-state index in [2.05, 4.69) is 29.2 Å². The lowest BCUT2D eigenvalue weighted by atomic mass is 9.87. The molecule has 2 fully saturated rings. The first kappa shape index (κ1) is 19.7. The highest BCUT2D eigenvalue weighted by atomic mass is 19.1. The zero-order valence-corrected chi connectivity index (χ0v) is 16.8. The first-order valence-electron chi connectivity index (χ1n) is 10.6. The number of hydrogen-bond acceptors (Lipinski definition) is 4. The van der Waals surface area contributed by atoms with Crippen molar-refractivity contribution in [2.45, 2.75) is 43.5 Å². The number of aliphatic carboxylic acids is 1. The molecular weight excluding hydrogens is 385 g/mol. The Labute approximate surface area is 175 Å². The van der Waals surface area contributed by atoms with Crippen LogP contribution in [-0.2, 0) is 20.7 Å². The Morgan fingerprint density at radius 3 is 2.83 bits per heavy atom. The molecule has 2 saturated heterocycles. The number of morpholine rings is 1. The van der Waals surface area contributed by atoms with Gasteiger partial charge in [0.25, 0.3) is 0 Å². The summed E-state index contributed by atoms with van der Waals surface area (Å²) < 4.78 is 26.2. The number of nitrogens with zero attached hydrogens (tertiary/aromatic N) is 1. The van der Waals surface area contributed by atoms with E-state index in [1.54, 1.807) is 6.07 Å². The van der Waals surface area contributed by atoms with E-state index in [1.807, 2.05) is 6.07 Å². The summed E-state index contributed by atoms with van der Waals surface area (Å²) in [6.45, 7) is 2.64. The molecule has 5 nitrogen and oxygen atoms in total. The minimum Gasteiger partial charge on any atom is -0.481 e. The number of carboxylic acids is 1. The molecule has 4 atom stereocenters. The van der Waals surface area contributed by atoms with E-state index in [-0.39, 0.29) is 36.5 Å². The van der Waals surface area contributed by atoms with E-state index in [4.69, 9.17) is 14.6 Å². The fourth-order valence-corrected chi connectivity index (χ4v) is 5.27. The summed E-state index contributed by atoms with van der Waals surface area (Å²) in [4.78, 5) is 13.3. The molecule has 2 aromatic rings. The monoisotopic (exact) mass is 411 g/mol. The molecule has 158 valence electrons. The van der Waals surface area contributed by atoms with Gasteiger partial charge >= 0.3 is 5.97 Å². The van der Waals surface area contributed by atoms with Gasteiger partial charge in [0.15, 0.2) is 0 Å². The minimum absolute atomic E-state index is 0.0193. The molecule has 6 heteroatoms. The van der Waals surface area contributed by atoms with Crippen molar-refractivity contribution in [1.82, 2.24) is 4.90 Å². The van der Waals surface area contributed by atoms with Crippen molar-refractivity contribution in [2.24, 2.45) is 0 Å². The number of hydrogen-bond donors (Lipinski definition) is 1. The number of ether oxygens (including phenoxy) is 2. The summed E-state index contributed by atoms with van der Waals surface area (Å²) in [5, 5.41) is 9.06. The van der Waals surface area contributed by atoms with Crippen molar-refractivity contribution in [3.63, 3.8) is 0 Å². The highest BCUT2D eigenvalue weighted by Gasteiger charge is 2.41. The van der Waals surface area contributed by atoms with Gasteiger partial charge in [-0.15, -0.1) is 0 Å². The minimum atomic E-state index is -0.837. The average molecular weight is 411 g/mol. The van der Waals surface area contributed by atoms with E-state index < -0.39 is 5.97 Å². The predicted molar refractivity (Wildman–Crippen MR) is 109 cm³/mol. The summed E-state index contributed by atoms with van der Waals surface area (Å²) >= 11 is 0. The van der Waals surface area contributed by atoms with Gasteiger partial charge in [-0.3, -0.25) is 9.69 Å². The summed E-state index contributed by atoms with van der Waals surface area (Å²) in [5.41, 5.74) is 4.68. The van der Waals surface area contributed by atoms with Crippen LogP contribution < -0.4 is 0 Å². The van der Waals surface area contributed by atoms with Crippen LogP contribution in [0.3, 0.4) is 0 Å². The normalized spacial score (nSPS) is 28.3. The predicted octanol–water partition coefficient (Wildman–Crippen LogP) is 3.52. The van der Waals surface area contributed by atoms with E-state index in [9.17, 15) is 9.18 Å². The standard InChI is InChI=1S/C24H26FNO4/c25-17-6-5-16-9-15-3-1-2-4-20(15)22-11-19(30-24(22)21(16)10-17)14-26-7-8-29-18(13-26)12-23(27)28/h1-6,10,18-19,22,24H,7-9,11-14H2,(H,27,28)/t18?,19-,22+,24-/m0/s1. The Kier molecular flexibility index (Phi) is 5.31. The van der Waals surface area contributed by atoms with Crippen molar-refractivity contribution < 1.29 is 23.8 Å². The summed E-state index contributed by atoms with van der Waals surface area (Å²) in [6, 6.07) is 13.5. The van der Waals surface area contributed by atoms with E-state index in [0.717, 1.165) is 37.1 Å². The highest BCUT2D eigenvalue weighted by Crippen LogP contribution is 2.49. The molecule has 1 unspecified atom stereocenters. The maximum atomic E-state index is 14.1. The second-order valence-electron chi connectivity index (χ2n) is 8.59. The van der Waals surface area contributed by atoms with Crippen LogP contribution in [-0.4, -0.2) is 54.4 Å². The molecule has 0 radical (unpaired) electrons. The first-order valence-corrected chi connectivity index (χ1v) is 10.6. The third kappa shape index (κ3) is 3.87. The van der Waals surface area contributed by atoms with Crippen LogP contribution in [0.25, 0.3) is 0 Å². The fourth-order valence-electron chi connectivity index (χ4n) is 5.27. The number of fused-ring (bicyclic) bond motifs is 5. The molecule has 2 heterocycles. The van der Waals surface area contributed by atoms with Crippen molar-refractivity contribution in [2.75, 3.05) is 26.2 Å². The van der Waals surface area contributed by atoms with Gasteiger partial charge in [0, 0.05) is 25.6 Å². The van der Waals surface area contributed by atoms with Crippen LogP contribution in [0, 0.1) is 5.82 Å². The number of carboxylic acid groups (broad SMARTS) is 1. The topological polar surface area (TPSA) is 59.0 Å². The molecule has 2 aromatic carbocycles. The molecule has 3 aliphatic rings. The van der Waals surface area contributed by atoms with E-state index in [0.29, 0.717) is 13.2 Å². The fraction of sp³-hybridized carbons (Fsp3) is 0.458. The van der Waals surface area contributed by atoms with Gasteiger partial charge < -0.3 is 14.6 Å². The number of halogens is 1. The number of benzene rings is 2. The molecule has 0 bridgehead atoms. The smallest absolute Gasteiger partial charge is 0.306 e. The number of carbonyl (C=O) groups is 1. The largest absolute Gasteiger partial charge is 0.481 e. The molecule has 1 N–H and O–H groups in total. The summed E-state index contributed by atoms with van der Waals surface area (Å²) in [5.74, 6) is -0.864. The van der Waals surface area contributed by atoms with E-state index in [1.165, 1.54) is 17.2 Å². The van der Waals surface area contributed by atoms with Gasteiger partial charge in [0.2, 0.25) is 0 Å². The second-order valence-corrected chi connectivity index (χ2v) is 8.59. The Bertz CT molecular complexity index is 949. The van der Waals surface area contributed by atoms with Crippen LogP contribution >= 0.6 is 0 Å². The second kappa shape index (κ2) is 8.10. The molecule has 1 aliphatic carbocycles. The van der Waals surface area contributed by atoms with Gasteiger partial charge in [-0.1, -0.05) is 30.3 Å². The molecule has 30 heavy (non-hydrogen) atoms. The van der Waals surface area contributed by atoms with Gasteiger partial charge in [-0.25, -0.2) is 4.39 Å². The number of rotatable bonds is 4. The van der Waals surface area contributed by atoms with Gasteiger partial charge in [0.1, 0.15) is 5.82 Å². The third-order valence-electron chi connectivity index (χ3n) is 6.56. The molecule has 5 rings (SSSR count). The van der Waals surface area contributed by atoms with Crippen molar-refractivity contribution in [1.29, 1.82) is 0 Å². The molecule has 0 saturated carbocycles. The van der Waals surface area contributed by atoms with Crippen molar-refractivity contribution in [3.05, 3.63) is 70.5 Å². The zero-order valence-electron chi connectivity index (χ0n) is 16.8. The molecule has 0 aromatic heterocycles. The van der Waals surface area contributed by atoms with Crippen molar-refractivity contribution in [3.8, 4) is 0 Å². The van der Waals surface area contributed by atoms with Crippen LogP contribution in [0.5, 0.6) is 0 Å². The van der Waals surface area contributed by atoms with Gasteiger partial charge in [-0.05, 0) is 47.2 Å². The Hall–Kier alpha value is -2.28. The SMILES string of the molecule is O=C(O)CC1CN(C[C@@H]2C[C@@H]3c4ccccc4Cc4ccc(F)cc4[C@@H]3O2)CCO1. The van der Waals surface area contributed by atoms with Crippen LogP contribution in [0.1, 0.15) is 47.1 Å². The maximum absolute atomic E-state index is 14.1. The molecule has 2 aliphatic heterocycles. The molecule has 0 spiro atoms. The Morgan fingerprint density at radius 1 is 1.13 bits per heavy atom. The van der Waals surface area contributed by atoms with E-state index >= 15 is 0 Å². The van der Waals surface area contributed by atoms with Crippen LogP contribution in [0.15, 0.2) is 42.5 Å². The summed E-state index contributed by atoms with van der Waals surface area (Å²) in [7, 11) is 0. The average Bonchev–Trinajstić information content (AvgIpc) is 3.08. The lowest BCUT2D eigenvalue weighted by Gasteiger charge is -2.33. The third-order valence-corrected chi connectivity index (χ3v) is 6.56. The first-order chi connectivity index (χ1) is 14.6. The van der Waals surface area contributed by atoms with Crippen LogP contribution in [0.2, 0.25) is 0 Å². The lowest BCUT2D eigenvalue weighted by molar-refractivity contribution is -0.142. The molecule has 0 amide bonds. The lowest BCUT2D eigenvalue weighted by Crippen LogP contribution is -2.46. The van der Waals surface area contributed by atoms with Gasteiger partial charge in [-0.2, -0.15) is 0 Å².